The summed E-state index contributed by atoms with van der Waals surface area (Å²) in [4.78, 5) is 29.5. The number of carbonyl (C=O) groups excluding carboxylic acids is 2. The van der Waals surface area contributed by atoms with E-state index >= 15 is 0 Å². The monoisotopic (exact) mass is 526 g/mol. The quantitative estimate of drug-likeness (QED) is 0.379. The van der Waals surface area contributed by atoms with Crippen LogP contribution in [0.2, 0.25) is 0 Å². The Hall–Kier alpha value is -4.20. The molecule has 0 spiro atoms. The van der Waals surface area contributed by atoms with E-state index in [0.29, 0.717) is 30.1 Å². The van der Waals surface area contributed by atoms with Crippen molar-refractivity contribution in [2.75, 3.05) is 12.4 Å². The van der Waals surface area contributed by atoms with Crippen LogP contribution in [0.25, 0.3) is 0 Å². The van der Waals surface area contributed by atoms with Crippen LogP contribution >= 0.6 is 0 Å². The molecule has 202 valence electrons. The molecule has 1 saturated carbocycles. The Morgan fingerprint density at radius 1 is 1.05 bits per heavy atom. The van der Waals surface area contributed by atoms with E-state index in [9.17, 15) is 9.59 Å². The summed E-state index contributed by atoms with van der Waals surface area (Å²) in [6.45, 7) is 2.43. The van der Waals surface area contributed by atoms with Crippen molar-refractivity contribution < 1.29 is 19.1 Å². The van der Waals surface area contributed by atoms with Crippen molar-refractivity contribution in [3.8, 4) is 11.5 Å². The van der Waals surface area contributed by atoms with Crippen molar-refractivity contribution in [3.63, 3.8) is 0 Å². The lowest BCUT2D eigenvalue weighted by Crippen LogP contribution is -2.36. The van der Waals surface area contributed by atoms with Crippen molar-refractivity contribution in [1.29, 1.82) is 0 Å². The highest BCUT2D eigenvalue weighted by Crippen LogP contribution is 2.34. The first-order chi connectivity index (χ1) is 19.0. The molecule has 5 rings (SSSR count). The van der Waals surface area contributed by atoms with Gasteiger partial charge in [0, 0.05) is 29.8 Å². The van der Waals surface area contributed by atoms with Gasteiger partial charge < -0.3 is 14.8 Å². The van der Waals surface area contributed by atoms with E-state index in [1.807, 2.05) is 42.5 Å². The zero-order chi connectivity index (χ0) is 27.2. The van der Waals surface area contributed by atoms with Crippen LogP contribution < -0.4 is 14.8 Å². The third-order valence-electron chi connectivity index (χ3n) is 7.31. The van der Waals surface area contributed by atoms with E-state index < -0.39 is 0 Å². The number of methoxy groups -OCH3 is 1. The molecule has 8 heteroatoms. The van der Waals surface area contributed by atoms with Crippen LogP contribution in [-0.4, -0.2) is 40.7 Å². The number of hydrazone groups is 1. The number of hydrogen-bond donors (Lipinski definition) is 1. The number of aromatic nitrogens is 1. The van der Waals surface area contributed by atoms with Crippen LogP contribution in [0.5, 0.6) is 11.5 Å². The van der Waals surface area contributed by atoms with Crippen LogP contribution in [-0.2, 0) is 11.3 Å². The Labute approximate surface area is 229 Å². The molecule has 2 aliphatic rings. The van der Waals surface area contributed by atoms with Crippen LogP contribution in [0, 0.1) is 5.92 Å². The van der Waals surface area contributed by atoms with Crippen molar-refractivity contribution >= 4 is 23.2 Å². The molecule has 2 amide bonds. The highest BCUT2D eigenvalue weighted by Gasteiger charge is 2.30. The highest BCUT2D eigenvalue weighted by molar-refractivity contribution is 6.06. The maximum atomic E-state index is 13.0. The summed E-state index contributed by atoms with van der Waals surface area (Å²) in [5.74, 6) is 1.19. The molecule has 1 aromatic heterocycles. The number of nitrogens with zero attached hydrogens (tertiary/aromatic N) is 3. The Morgan fingerprint density at radius 3 is 2.54 bits per heavy atom. The molecule has 2 aromatic carbocycles. The number of rotatable bonds is 9. The van der Waals surface area contributed by atoms with Crippen molar-refractivity contribution in [3.05, 3.63) is 83.7 Å². The lowest BCUT2D eigenvalue weighted by Gasteiger charge is -2.29. The fraction of sp³-hybridized carbons (Fsp3) is 0.355. The fourth-order valence-electron chi connectivity index (χ4n) is 5.11. The van der Waals surface area contributed by atoms with Crippen molar-refractivity contribution in [2.45, 2.75) is 58.1 Å². The van der Waals surface area contributed by atoms with Gasteiger partial charge in [-0.3, -0.25) is 14.6 Å². The van der Waals surface area contributed by atoms with E-state index in [2.05, 4.69) is 17.2 Å². The van der Waals surface area contributed by atoms with E-state index in [4.69, 9.17) is 14.6 Å². The molecule has 3 aromatic rings. The van der Waals surface area contributed by atoms with Gasteiger partial charge in [-0.15, -0.1) is 0 Å². The Morgan fingerprint density at radius 2 is 1.85 bits per heavy atom. The minimum absolute atomic E-state index is 0.00549. The molecule has 1 atom stereocenters. The van der Waals surface area contributed by atoms with Gasteiger partial charge in [0.2, 0.25) is 5.91 Å². The van der Waals surface area contributed by atoms with Gasteiger partial charge in [-0.2, -0.15) is 5.10 Å². The molecule has 8 nitrogen and oxygen atoms in total. The number of amides is 2. The summed E-state index contributed by atoms with van der Waals surface area (Å²) in [7, 11) is 1.65. The second-order valence-corrected chi connectivity index (χ2v) is 10.0. The molecular formula is C31H34N4O4. The van der Waals surface area contributed by atoms with Crippen LogP contribution in [0.15, 0.2) is 72.0 Å². The first-order valence-electron chi connectivity index (χ1n) is 13.6. The normalized spacial score (nSPS) is 17.6. The molecule has 39 heavy (non-hydrogen) atoms. The number of nitrogens with one attached hydrogen (secondary N) is 1. The standard InChI is InChI=1S/C31H34N4O4/c1-3-22-19-29(36)35(20-21-11-14-24(15-12-21)33-31(37)26-10-6-7-17-32-26)34-30(22)23-13-16-27(38-2)28(18-23)39-25-8-4-5-9-25/h6-7,10-18,22,25H,3-5,8-9,19-20H2,1-2H3,(H,33,37). The third kappa shape index (κ3) is 6.28. The summed E-state index contributed by atoms with van der Waals surface area (Å²) in [5.41, 5.74) is 3.75. The smallest absolute Gasteiger partial charge is 0.274 e. The van der Waals surface area contributed by atoms with Crippen molar-refractivity contribution in [1.82, 2.24) is 9.99 Å². The summed E-state index contributed by atoms with van der Waals surface area (Å²) < 4.78 is 11.9. The lowest BCUT2D eigenvalue weighted by molar-refractivity contribution is -0.133. The van der Waals surface area contributed by atoms with Crippen molar-refractivity contribution in [2.24, 2.45) is 11.0 Å². The van der Waals surface area contributed by atoms with Crippen LogP contribution in [0.4, 0.5) is 5.69 Å². The topological polar surface area (TPSA) is 93.1 Å². The number of anilines is 1. The van der Waals surface area contributed by atoms with Gasteiger partial charge in [0.15, 0.2) is 11.5 Å². The maximum absolute atomic E-state index is 13.0. The fourth-order valence-corrected chi connectivity index (χ4v) is 5.11. The second-order valence-electron chi connectivity index (χ2n) is 10.0. The summed E-state index contributed by atoms with van der Waals surface area (Å²) >= 11 is 0. The summed E-state index contributed by atoms with van der Waals surface area (Å²) in [6, 6.07) is 18.6. The molecule has 1 N–H and O–H groups in total. The van der Waals surface area contributed by atoms with E-state index in [0.717, 1.165) is 41.9 Å². The average Bonchev–Trinajstić information content (AvgIpc) is 3.48. The van der Waals surface area contributed by atoms with Gasteiger partial charge in [0.05, 0.1) is 25.5 Å². The highest BCUT2D eigenvalue weighted by atomic mass is 16.5. The van der Waals surface area contributed by atoms with Gasteiger partial charge in [0.1, 0.15) is 5.69 Å². The lowest BCUT2D eigenvalue weighted by atomic mass is 9.89. The maximum Gasteiger partial charge on any atom is 0.274 e. The molecule has 1 aliphatic heterocycles. The summed E-state index contributed by atoms with van der Waals surface area (Å²) in [6.07, 6.45) is 7.49. The van der Waals surface area contributed by atoms with E-state index in [1.165, 1.54) is 12.8 Å². The predicted molar refractivity (Wildman–Crippen MR) is 150 cm³/mol. The summed E-state index contributed by atoms with van der Waals surface area (Å²) in [5, 5.41) is 9.24. The van der Waals surface area contributed by atoms with Gasteiger partial charge >= 0.3 is 0 Å². The first kappa shape index (κ1) is 26.4. The van der Waals surface area contributed by atoms with Gasteiger partial charge in [-0.1, -0.05) is 25.1 Å². The molecule has 0 radical (unpaired) electrons. The molecule has 1 fully saturated rings. The average molecular weight is 527 g/mol. The first-order valence-corrected chi connectivity index (χ1v) is 13.6. The molecule has 2 heterocycles. The Kier molecular flexibility index (Phi) is 8.20. The van der Waals surface area contributed by atoms with E-state index in [-0.39, 0.29) is 23.8 Å². The zero-order valence-electron chi connectivity index (χ0n) is 22.4. The molecule has 0 saturated heterocycles. The SMILES string of the molecule is CCC1CC(=O)N(Cc2ccc(NC(=O)c3ccccn3)cc2)N=C1c1ccc(OC)c(OC2CCCC2)c1. The number of ether oxygens (including phenoxy) is 2. The van der Waals surface area contributed by atoms with Crippen LogP contribution in [0.3, 0.4) is 0 Å². The van der Waals surface area contributed by atoms with Gasteiger partial charge in [-0.25, -0.2) is 5.01 Å². The number of benzene rings is 2. The third-order valence-corrected chi connectivity index (χ3v) is 7.31. The van der Waals surface area contributed by atoms with Gasteiger partial charge in [-0.05, 0) is 80.1 Å². The Balaban J connectivity index is 1.33. The van der Waals surface area contributed by atoms with E-state index in [1.54, 1.807) is 36.5 Å². The molecule has 1 aliphatic carbocycles. The molecule has 0 bridgehead atoms. The van der Waals surface area contributed by atoms with Gasteiger partial charge in [0.25, 0.3) is 5.91 Å². The Bertz CT molecular complexity index is 1330. The number of pyridine rings is 1. The second kappa shape index (κ2) is 12.1. The number of carbonyl (C=O) groups is 2. The largest absolute Gasteiger partial charge is 0.493 e. The van der Waals surface area contributed by atoms with Crippen LogP contribution in [0.1, 0.15) is 67.1 Å². The molecule has 1 unspecified atom stereocenters. The zero-order valence-corrected chi connectivity index (χ0v) is 22.4. The number of hydrogen-bond acceptors (Lipinski definition) is 6. The minimum Gasteiger partial charge on any atom is -0.493 e. The molecular weight excluding hydrogens is 492 g/mol. The predicted octanol–water partition coefficient (Wildman–Crippen LogP) is 5.83. The minimum atomic E-state index is -0.273.